The Morgan fingerprint density at radius 1 is 1.62 bits per heavy atom. The Kier molecular flexibility index (Phi) is 4.53. The Morgan fingerprint density at radius 3 is 3.00 bits per heavy atom. The molecule has 1 rings (SSSR count). The maximum absolute atomic E-state index is 10.7. The van der Waals surface area contributed by atoms with Crippen LogP contribution in [0.5, 0.6) is 0 Å². The summed E-state index contributed by atoms with van der Waals surface area (Å²) in [7, 11) is 0. The first kappa shape index (κ1) is 10.8. The van der Waals surface area contributed by atoms with E-state index in [1.54, 1.807) is 0 Å². The molecule has 13 heavy (non-hydrogen) atoms. The van der Waals surface area contributed by atoms with Gasteiger partial charge in [-0.1, -0.05) is 11.6 Å². The van der Waals surface area contributed by atoms with Crippen molar-refractivity contribution in [3.05, 3.63) is 0 Å². The van der Waals surface area contributed by atoms with Crippen LogP contribution in [-0.2, 0) is 9.63 Å². The molecule has 1 aliphatic rings. The predicted molar refractivity (Wildman–Crippen MR) is 52.4 cm³/mol. The molecule has 5 heteroatoms. The minimum Gasteiger partial charge on any atom is -0.317 e. The highest BCUT2D eigenvalue weighted by Crippen LogP contribution is 2.20. The molecule has 1 fully saturated rings. The fourth-order valence-corrected chi connectivity index (χ4v) is 1.54. The van der Waals surface area contributed by atoms with Gasteiger partial charge in [0, 0.05) is 0 Å². The SMILES string of the molecule is O=C(CCl)ON=C1CCCCC1Cl. The van der Waals surface area contributed by atoms with E-state index in [1.807, 2.05) is 0 Å². The quantitative estimate of drug-likeness (QED) is 0.410. The molecule has 0 aliphatic heterocycles. The second kappa shape index (κ2) is 5.45. The van der Waals surface area contributed by atoms with Gasteiger partial charge in [-0.2, -0.15) is 0 Å². The molecule has 1 atom stereocenters. The first-order valence-electron chi connectivity index (χ1n) is 4.20. The van der Waals surface area contributed by atoms with Gasteiger partial charge >= 0.3 is 5.97 Å². The van der Waals surface area contributed by atoms with Crippen LogP contribution in [0.3, 0.4) is 0 Å². The Hall–Kier alpha value is -0.280. The number of nitrogens with zero attached hydrogens (tertiary/aromatic N) is 1. The van der Waals surface area contributed by atoms with E-state index in [0.717, 1.165) is 31.4 Å². The summed E-state index contributed by atoms with van der Waals surface area (Å²) in [5, 5.41) is 3.60. The zero-order valence-electron chi connectivity index (χ0n) is 7.13. The summed E-state index contributed by atoms with van der Waals surface area (Å²) in [6, 6.07) is 0. The highest BCUT2D eigenvalue weighted by atomic mass is 35.5. The molecule has 3 nitrogen and oxygen atoms in total. The summed E-state index contributed by atoms with van der Waals surface area (Å²) < 4.78 is 0. The van der Waals surface area contributed by atoms with Gasteiger partial charge < -0.3 is 4.84 Å². The molecule has 0 aromatic rings. The van der Waals surface area contributed by atoms with Gasteiger partial charge in [0.2, 0.25) is 0 Å². The lowest BCUT2D eigenvalue weighted by molar-refractivity contribution is -0.140. The number of rotatable bonds is 2. The van der Waals surface area contributed by atoms with E-state index in [-0.39, 0.29) is 11.3 Å². The lowest BCUT2D eigenvalue weighted by atomic mass is 9.98. The van der Waals surface area contributed by atoms with Crippen molar-refractivity contribution in [3.63, 3.8) is 0 Å². The van der Waals surface area contributed by atoms with Gasteiger partial charge in [0.05, 0.1) is 11.1 Å². The lowest BCUT2D eigenvalue weighted by Crippen LogP contribution is -2.20. The standard InChI is InChI=1S/C8H11Cl2NO2/c9-5-8(12)13-11-7-4-2-1-3-6(7)10/h6H,1-5H2. The van der Waals surface area contributed by atoms with Crippen molar-refractivity contribution >= 4 is 34.9 Å². The van der Waals surface area contributed by atoms with Gasteiger partial charge in [0.25, 0.3) is 0 Å². The molecule has 0 amide bonds. The molecule has 0 radical (unpaired) electrons. The molecule has 1 unspecified atom stereocenters. The summed E-state index contributed by atoms with van der Waals surface area (Å²) in [6.45, 7) is 0. The zero-order chi connectivity index (χ0) is 9.68. The van der Waals surface area contributed by atoms with Gasteiger partial charge in [-0.05, 0) is 19.3 Å². The van der Waals surface area contributed by atoms with Crippen LogP contribution in [0.25, 0.3) is 0 Å². The van der Waals surface area contributed by atoms with Gasteiger partial charge in [-0.3, -0.25) is 0 Å². The van der Waals surface area contributed by atoms with Crippen molar-refractivity contribution in [1.82, 2.24) is 0 Å². The molecule has 1 saturated carbocycles. The highest BCUT2D eigenvalue weighted by Gasteiger charge is 2.18. The number of hydrogen-bond donors (Lipinski definition) is 0. The van der Waals surface area contributed by atoms with Crippen molar-refractivity contribution in [1.29, 1.82) is 0 Å². The number of alkyl halides is 2. The average Bonchev–Trinajstić information content (AvgIpc) is 2.16. The molecule has 0 N–H and O–H groups in total. The summed E-state index contributed by atoms with van der Waals surface area (Å²) >= 11 is 11.2. The first-order valence-corrected chi connectivity index (χ1v) is 5.17. The molecule has 1 aliphatic carbocycles. The van der Waals surface area contributed by atoms with Gasteiger partial charge in [0.1, 0.15) is 5.88 Å². The van der Waals surface area contributed by atoms with E-state index in [4.69, 9.17) is 23.2 Å². The van der Waals surface area contributed by atoms with Crippen molar-refractivity contribution in [2.45, 2.75) is 31.1 Å². The summed E-state index contributed by atoms with van der Waals surface area (Å²) in [5.41, 5.74) is 0.756. The second-order valence-corrected chi connectivity index (χ2v) is 3.69. The number of halogens is 2. The Labute approximate surface area is 87.0 Å². The fraction of sp³-hybridized carbons (Fsp3) is 0.750. The Morgan fingerprint density at radius 2 is 2.38 bits per heavy atom. The summed E-state index contributed by atoms with van der Waals surface area (Å²) in [4.78, 5) is 15.2. The summed E-state index contributed by atoms with van der Waals surface area (Å²) in [6.07, 6.45) is 3.87. The van der Waals surface area contributed by atoms with Crippen LogP contribution in [0.4, 0.5) is 0 Å². The molecule has 0 spiro atoms. The maximum Gasteiger partial charge on any atom is 0.349 e. The number of oxime groups is 1. The van der Waals surface area contributed by atoms with Crippen molar-refractivity contribution in [2.24, 2.45) is 5.16 Å². The molecule has 0 bridgehead atoms. The average molecular weight is 224 g/mol. The third kappa shape index (κ3) is 3.53. The smallest absolute Gasteiger partial charge is 0.317 e. The zero-order valence-corrected chi connectivity index (χ0v) is 8.64. The van der Waals surface area contributed by atoms with Crippen LogP contribution in [0.2, 0.25) is 0 Å². The third-order valence-corrected chi connectivity index (χ3v) is 2.56. The van der Waals surface area contributed by atoms with Gasteiger partial charge in [-0.15, -0.1) is 23.2 Å². The molecular weight excluding hydrogens is 213 g/mol. The molecule has 0 aromatic heterocycles. The minimum absolute atomic E-state index is 0.0862. The Balaban J connectivity index is 2.43. The van der Waals surface area contributed by atoms with E-state index in [9.17, 15) is 4.79 Å². The minimum atomic E-state index is -0.538. The maximum atomic E-state index is 10.7. The van der Waals surface area contributed by atoms with Crippen LogP contribution in [0.15, 0.2) is 5.16 Å². The third-order valence-electron chi connectivity index (χ3n) is 1.88. The van der Waals surface area contributed by atoms with E-state index >= 15 is 0 Å². The highest BCUT2D eigenvalue weighted by molar-refractivity contribution is 6.32. The molecule has 0 heterocycles. The van der Waals surface area contributed by atoms with E-state index in [0.29, 0.717) is 0 Å². The van der Waals surface area contributed by atoms with Crippen LogP contribution in [0, 0.1) is 0 Å². The molecular formula is C8H11Cl2NO2. The van der Waals surface area contributed by atoms with Crippen molar-refractivity contribution < 1.29 is 9.63 Å². The first-order chi connectivity index (χ1) is 6.24. The van der Waals surface area contributed by atoms with Crippen molar-refractivity contribution in [3.8, 4) is 0 Å². The fourth-order valence-electron chi connectivity index (χ4n) is 1.19. The van der Waals surface area contributed by atoms with Crippen molar-refractivity contribution in [2.75, 3.05) is 5.88 Å². The predicted octanol–water partition coefficient (Wildman–Crippen LogP) is 2.31. The van der Waals surface area contributed by atoms with Gasteiger partial charge in [0.15, 0.2) is 0 Å². The van der Waals surface area contributed by atoms with Gasteiger partial charge in [-0.25, -0.2) is 4.79 Å². The Bertz CT molecular complexity index is 218. The van der Waals surface area contributed by atoms with Crippen LogP contribution in [0.1, 0.15) is 25.7 Å². The molecule has 0 aromatic carbocycles. The van der Waals surface area contributed by atoms with Crippen LogP contribution >= 0.6 is 23.2 Å². The number of carbonyl (C=O) groups excluding carboxylic acids is 1. The molecule has 74 valence electrons. The number of carbonyl (C=O) groups is 1. The largest absolute Gasteiger partial charge is 0.349 e. The number of hydrogen-bond acceptors (Lipinski definition) is 3. The second-order valence-electron chi connectivity index (χ2n) is 2.89. The topological polar surface area (TPSA) is 38.7 Å². The lowest BCUT2D eigenvalue weighted by Gasteiger charge is -2.16. The van der Waals surface area contributed by atoms with Crippen LogP contribution < -0.4 is 0 Å². The van der Waals surface area contributed by atoms with E-state index in [1.165, 1.54) is 0 Å². The van der Waals surface area contributed by atoms with E-state index < -0.39 is 5.97 Å². The van der Waals surface area contributed by atoms with Crippen LogP contribution in [-0.4, -0.2) is 22.9 Å². The molecule has 0 saturated heterocycles. The monoisotopic (exact) mass is 223 g/mol. The normalized spacial score (nSPS) is 26.0. The van der Waals surface area contributed by atoms with E-state index in [2.05, 4.69) is 9.99 Å². The summed E-state index contributed by atoms with van der Waals surface area (Å²) in [5.74, 6) is -0.715.